The lowest BCUT2D eigenvalue weighted by Crippen LogP contribution is -2.34. The summed E-state index contributed by atoms with van der Waals surface area (Å²) in [5.41, 5.74) is 2.28. The van der Waals surface area contributed by atoms with E-state index < -0.39 is 0 Å². The molecule has 0 spiro atoms. The van der Waals surface area contributed by atoms with Gasteiger partial charge < -0.3 is 10.2 Å². The lowest BCUT2D eigenvalue weighted by Gasteiger charge is -2.17. The minimum atomic E-state index is -0.269. The van der Waals surface area contributed by atoms with Gasteiger partial charge in [0.1, 0.15) is 5.03 Å². The molecule has 2 amide bonds. The van der Waals surface area contributed by atoms with Crippen LogP contribution in [0.15, 0.2) is 35.5 Å². The van der Waals surface area contributed by atoms with E-state index in [1.54, 1.807) is 11.1 Å². The summed E-state index contributed by atoms with van der Waals surface area (Å²) in [6.07, 6.45) is 1.93. The highest BCUT2D eigenvalue weighted by atomic mass is 32.2. The van der Waals surface area contributed by atoms with Crippen molar-refractivity contribution in [3.63, 3.8) is 0 Å². The lowest BCUT2D eigenvalue weighted by molar-refractivity contribution is -0.129. The zero-order valence-corrected chi connectivity index (χ0v) is 14.9. The molecule has 2 aromatic rings. The van der Waals surface area contributed by atoms with Crippen molar-refractivity contribution in [2.24, 2.45) is 5.92 Å². The zero-order chi connectivity index (χ0) is 17.6. The number of hydrogen-bond acceptors (Lipinski definition) is 5. The zero-order valence-electron chi connectivity index (χ0n) is 14.1. The Bertz CT molecular complexity index is 717. The van der Waals surface area contributed by atoms with Gasteiger partial charge in [-0.05, 0) is 12.5 Å². The molecule has 3 rings (SSSR count). The molecule has 0 unspecified atom stereocenters. The molecule has 0 aliphatic carbocycles. The number of rotatable bonds is 7. The van der Waals surface area contributed by atoms with E-state index in [-0.39, 0.29) is 24.2 Å². The number of thioether (sulfide) groups is 1. The maximum absolute atomic E-state index is 12.3. The summed E-state index contributed by atoms with van der Waals surface area (Å²) in [5, 5.41) is 13.9. The minimum absolute atomic E-state index is 0.0395. The van der Waals surface area contributed by atoms with E-state index in [1.165, 1.54) is 17.3 Å². The van der Waals surface area contributed by atoms with Gasteiger partial charge in [-0.15, -0.1) is 16.9 Å². The third-order valence-corrected chi connectivity index (χ3v) is 5.02. The van der Waals surface area contributed by atoms with Crippen molar-refractivity contribution in [2.45, 2.75) is 24.9 Å². The Morgan fingerprint density at radius 2 is 2.20 bits per heavy atom. The third kappa shape index (κ3) is 4.82. The Hall–Kier alpha value is -2.35. The van der Waals surface area contributed by atoms with Crippen LogP contribution in [0.1, 0.15) is 17.5 Å². The predicted octanol–water partition coefficient (Wildman–Crippen LogP) is 1.37. The molecule has 1 aromatic heterocycles. The van der Waals surface area contributed by atoms with Crippen molar-refractivity contribution in [1.29, 1.82) is 0 Å². The second kappa shape index (κ2) is 8.15. The largest absolute Gasteiger partial charge is 0.355 e. The SMILES string of the molecule is Cc1ccc(CN2C[C@H](C(=O)NCCSc3cn[nH]n3)CC2=O)cc1. The summed E-state index contributed by atoms with van der Waals surface area (Å²) >= 11 is 1.52. The van der Waals surface area contributed by atoms with E-state index in [1.807, 2.05) is 31.2 Å². The molecule has 132 valence electrons. The van der Waals surface area contributed by atoms with Crippen molar-refractivity contribution in [3.05, 3.63) is 41.6 Å². The Morgan fingerprint density at radius 3 is 2.92 bits per heavy atom. The summed E-state index contributed by atoms with van der Waals surface area (Å²) in [4.78, 5) is 26.2. The van der Waals surface area contributed by atoms with Crippen molar-refractivity contribution in [2.75, 3.05) is 18.8 Å². The fourth-order valence-corrected chi connectivity index (χ4v) is 3.40. The normalized spacial score (nSPS) is 17.1. The Kier molecular flexibility index (Phi) is 5.70. The van der Waals surface area contributed by atoms with Gasteiger partial charge in [0.05, 0.1) is 12.1 Å². The van der Waals surface area contributed by atoms with Crippen LogP contribution in [0, 0.1) is 12.8 Å². The molecule has 0 bridgehead atoms. The fourth-order valence-electron chi connectivity index (χ4n) is 2.75. The first-order valence-corrected chi connectivity index (χ1v) is 9.20. The topological polar surface area (TPSA) is 91.0 Å². The molecule has 2 N–H and O–H groups in total. The molecule has 25 heavy (non-hydrogen) atoms. The predicted molar refractivity (Wildman–Crippen MR) is 94.8 cm³/mol. The van der Waals surface area contributed by atoms with Gasteiger partial charge in [-0.2, -0.15) is 10.3 Å². The third-order valence-electron chi connectivity index (χ3n) is 4.12. The molecule has 1 aliphatic rings. The number of aromatic amines is 1. The quantitative estimate of drug-likeness (QED) is 0.575. The van der Waals surface area contributed by atoms with E-state index in [2.05, 4.69) is 20.7 Å². The number of benzene rings is 1. The highest BCUT2D eigenvalue weighted by Crippen LogP contribution is 2.20. The molecular formula is C17H21N5O2S. The van der Waals surface area contributed by atoms with E-state index >= 15 is 0 Å². The van der Waals surface area contributed by atoms with Gasteiger partial charge >= 0.3 is 0 Å². The summed E-state index contributed by atoms with van der Waals surface area (Å²) < 4.78 is 0. The van der Waals surface area contributed by atoms with Crippen LogP contribution in [-0.2, 0) is 16.1 Å². The van der Waals surface area contributed by atoms with Crippen LogP contribution < -0.4 is 5.32 Å². The highest BCUT2D eigenvalue weighted by Gasteiger charge is 2.33. The second-order valence-electron chi connectivity index (χ2n) is 6.11. The molecule has 0 saturated carbocycles. The molecular weight excluding hydrogens is 338 g/mol. The lowest BCUT2D eigenvalue weighted by atomic mass is 10.1. The number of carbonyl (C=O) groups excluding carboxylic acids is 2. The van der Waals surface area contributed by atoms with E-state index in [9.17, 15) is 9.59 Å². The van der Waals surface area contributed by atoms with Gasteiger partial charge in [0.25, 0.3) is 0 Å². The summed E-state index contributed by atoms with van der Waals surface area (Å²) in [5.74, 6) is 0.430. The van der Waals surface area contributed by atoms with Gasteiger partial charge in [-0.1, -0.05) is 29.8 Å². The molecule has 0 radical (unpaired) electrons. The monoisotopic (exact) mass is 359 g/mol. The molecule has 1 saturated heterocycles. The van der Waals surface area contributed by atoms with Gasteiger partial charge in [-0.3, -0.25) is 9.59 Å². The van der Waals surface area contributed by atoms with Gasteiger partial charge in [-0.25, -0.2) is 0 Å². The molecule has 1 aliphatic heterocycles. The first kappa shape index (κ1) is 17.5. The second-order valence-corrected chi connectivity index (χ2v) is 7.22. The first-order chi connectivity index (χ1) is 12.1. The molecule has 7 nitrogen and oxygen atoms in total. The number of amides is 2. The van der Waals surface area contributed by atoms with Crippen molar-refractivity contribution in [1.82, 2.24) is 25.6 Å². The minimum Gasteiger partial charge on any atom is -0.355 e. The molecule has 1 aromatic carbocycles. The standard InChI is InChI=1S/C17H21N5O2S/c1-12-2-4-13(5-3-12)10-22-11-14(8-16(22)23)17(24)18-6-7-25-15-9-19-21-20-15/h2-5,9,14H,6-8,10-11H2,1H3,(H,18,24)(H,19,20,21)/t14-/m1/s1. The summed E-state index contributed by atoms with van der Waals surface area (Å²) in [7, 11) is 0. The van der Waals surface area contributed by atoms with Crippen molar-refractivity contribution < 1.29 is 9.59 Å². The number of carbonyl (C=O) groups is 2. The average molecular weight is 359 g/mol. The van der Waals surface area contributed by atoms with Gasteiger partial charge in [0.2, 0.25) is 11.8 Å². The van der Waals surface area contributed by atoms with E-state index in [0.29, 0.717) is 25.4 Å². The van der Waals surface area contributed by atoms with Crippen LogP contribution in [0.3, 0.4) is 0 Å². The van der Waals surface area contributed by atoms with E-state index in [4.69, 9.17) is 0 Å². The number of nitrogens with one attached hydrogen (secondary N) is 2. The van der Waals surface area contributed by atoms with Crippen LogP contribution in [0.5, 0.6) is 0 Å². The van der Waals surface area contributed by atoms with Crippen LogP contribution >= 0.6 is 11.8 Å². The van der Waals surface area contributed by atoms with Crippen molar-refractivity contribution in [3.8, 4) is 0 Å². The average Bonchev–Trinajstić information content (AvgIpc) is 3.24. The highest BCUT2D eigenvalue weighted by molar-refractivity contribution is 7.99. The van der Waals surface area contributed by atoms with Crippen LogP contribution in [-0.4, -0.2) is 51.0 Å². The number of aromatic nitrogens is 3. The number of nitrogens with zero attached hydrogens (tertiary/aromatic N) is 3. The first-order valence-electron chi connectivity index (χ1n) is 8.21. The molecule has 8 heteroatoms. The van der Waals surface area contributed by atoms with Gasteiger partial charge in [0.15, 0.2) is 0 Å². The molecule has 1 fully saturated rings. The Morgan fingerprint density at radius 1 is 1.40 bits per heavy atom. The molecule has 2 heterocycles. The maximum atomic E-state index is 12.3. The van der Waals surface area contributed by atoms with Crippen LogP contribution in [0.4, 0.5) is 0 Å². The van der Waals surface area contributed by atoms with Crippen molar-refractivity contribution >= 4 is 23.6 Å². The van der Waals surface area contributed by atoms with Crippen LogP contribution in [0.25, 0.3) is 0 Å². The number of likely N-dealkylation sites (tertiary alicyclic amines) is 1. The number of H-pyrrole nitrogens is 1. The van der Waals surface area contributed by atoms with Crippen LogP contribution in [0.2, 0.25) is 0 Å². The smallest absolute Gasteiger partial charge is 0.225 e. The summed E-state index contributed by atoms with van der Waals surface area (Å²) in [6, 6.07) is 8.12. The maximum Gasteiger partial charge on any atom is 0.225 e. The number of hydrogen-bond donors (Lipinski definition) is 2. The van der Waals surface area contributed by atoms with E-state index in [0.717, 1.165) is 10.6 Å². The fraction of sp³-hybridized carbons (Fsp3) is 0.412. The Balaban J connectivity index is 1.43. The number of aryl methyl sites for hydroxylation is 1. The molecule has 1 atom stereocenters. The summed E-state index contributed by atoms with van der Waals surface area (Å²) in [6.45, 7) is 3.62. The Labute approximate surface area is 150 Å². The van der Waals surface area contributed by atoms with Gasteiger partial charge in [0, 0.05) is 31.8 Å².